The molecule has 85 heavy (non-hydrogen) atoms. The van der Waals surface area contributed by atoms with E-state index in [1.165, 1.54) is 120 Å². The lowest BCUT2D eigenvalue weighted by atomic mass is 9.82. The summed E-state index contributed by atoms with van der Waals surface area (Å²) in [7, 11) is 0. The number of rotatable bonds is 10. The van der Waals surface area contributed by atoms with Gasteiger partial charge in [0.05, 0.1) is 11.4 Å². The van der Waals surface area contributed by atoms with Gasteiger partial charge in [-0.05, 0) is 181 Å². The number of anilines is 6. The summed E-state index contributed by atoms with van der Waals surface area (Å²) in [5.41, 5.74) is 16.2. The van der Waals surface area contributed by atoms with Gasteiger partial charge in [0.25, 0.3) is 0 Å². The van der Waals surface area contributed by atoms with Crippen LogP contribution in [-0.2, 0) is 5.41 Å². The third-order valence-corrected chi connectivity index (χ3v) is 18.5. The molecule has 0 aliphatic heterocycles. The van der Waals surface area contributed by atoms with Gasteiger partial charge >= 0.3 is 0 Å². The van der Waals surface area contributed by atoms with Crippen LogP contribution in [-0.4, -0.2) is 0 Å². The molecule has 0 amide bonds. The van der Waals surface area contributed by atoms with Crippen LogP contribution in [0.2, 0.25) is 0 Å². The van der Waals surface area contributed by atoms with E-state index >= 15 is 0 Å². The second kappa shape index (κ2) is 19.1. The van der Waals surface area contributed by atoms with Crippen molar-refractivity contribution in [3.05, 3.63) is 312 Å². The maximum atomic E-state index is 2.50. The highest BCUT2D eigenvalue weighted by atomic mass is 15.1. The molecule has 16 aromatic rings. The first-order chi connectivity index (χ1) is 41.9. The van der Waals surface area contributed by atoms with Crippen molar-refractivity contribution >= 4 is 145 Å². The SMILES string of the molecule is CC1(C)c2cc(N(c3ccc(/C=C/c4ccccc4)cc3)c3ccc4c5cccc6cccc(c7cccc3c74)c65)ccc2-c2ccc(N(c3ccc(/C=C/c4ccccc4)cc3)c3ccc4c5cccc6cccc(c7cccc3c74)c65)cc21. The average molecular weight is 1080 g/mol. The monoisotopic (exact) mass is 1080 g/mol. The molecule has 0 saturated heterocycles. The Hall–Kier alpha value is -10.8. The average Bonchev–Trinajstić information content (AvgIpc) is 2.35. The molecule has 0 unspecified atom stereocenters. The topological polar surface area (TPSA) is 6.48 Å². The van der Waals surface area contributed by atoms with Crippen LogP contribution in [0.25, 0.3) is 122 Å². The van der Waals surface area contributed by atoms with Gasteiger partial charge in [-0.3, -0.25) is 0 Å². The van der Waals surface area contributed by atoms with Gasteiger partial charge < -0.3 is 9.80 Å². The molecular formula is C83H56N2. The van der Waals surface area contributed by atoms with Gasteiger partial charge in [0, 0.05) is 38.9 Å². The van der Waals surface area contributed by atoms with Crippen molar-refractivity contribution < 1.29 is 0 Å². The van der Waals surface area contributed by atoms with E-state index in [-0.39, 0.29) is 5.41 Å². The molecule has 0 heterocycles. The molecule has 2 nitrogen and oxygen atoms in total. The Morgan fingerprint density at radius 3 is 0.929 bits per heavy atom. The van der Waals surface area contributed by atoms with Crippen molar-refractivity contribution in [2.24, 2.45) is 0 Å². The molecule has 0 atom stereocenters. The van der Waals surface area contributed by atoms with Crippen LogP contribution in [0.4, 0.5) is 34.1 Å². The van der Waals surface area contributed by atoms with Crippen LogP contribution < -0.4 is 9.80 Å². The minimum atomic E-state index is -0.350. The number of benzene rings is 16. The van der Waals surface area contributed by atoms with Crippen LogP contribution in [0, 0.1) is 0 Å². The van der Waals surface area contributed by atoms with Gasteiger partial charge in [-0.25, -0.2) is 0 Å². The smallest absolute Gasteiger partial charge is 0.0540 e. The van der Waals surface area contributed by atoms with Gasteiger partial charge in [0.2, 0.25) is 0 Å². The second-order valence-corrected chi connectivity index (χ2v) is 23.6. The van der Waals surface area contributed by atoms with E-state index in [1.807, 2.05) is 0 Å². The standard InChI is InChI=1S/C83H56N2/c1-83(2)75-51-61(84(59-39-35-55(36-40-59)33-31-53-15-5-3-6-16-53)77-49-47-71-67-25-11-21-57-19-9-23-65(79(57)67)69-27-13-29-73(77)81(69)71)43-45-63(75)64-46-44-62(52-76(64)83)85(60-41-37-56(38-42-60)34-32-54-17-7-4-8-18-54)78-50-48-72-68-26-12-22-58-20-10-24-66(80(58)68)70-28-14-30-74(78)82(70)72/h3-52H,1-2H3/b33-31+,34-32+. The summed E-state index contributed by atoms with van der Waals surface area (Å²) >= 11 is 0. The van der Waals surface area contributed by atoms with Crippen LogP contribution in [0.3, 0.4) is 0 Å². The van der Waals surface area contributed by atoms with Crippen LogP contribution in [0.1, 0.15) is 47.2 Å². The summed E-state index contributed by atoms with van der Waals surface area (Å²) in [5.74, 6) is 0. The van der Waals surface area contributed by atoms with Crippen LogP contribution in [0.5, 0.6) is 0 Å². The minimum absolute atomic E-state index is 0.350. The molecule has 398 valence electrons. The van der Waals surface area contributed by atoms with E-state index in [4.69, 9.17) is 0 Å². The van der Waals surface area contributed by atoms with E-state index in [1.54, 1.807) is 0 Å². The quantitative estimate of drug-likeness (QED) is 0.0765. The first-order valence-electron chi connectivity index (χ1n) is 29.6. The van der Waals surface area contributed by atoms with E-state index in [0.29, 0.717) is 0 Å². The predicted octanol–water partition coefficient (Wildman–Crippen LogP) is 23.4. The number of fused-ring (bicyclic) bond motifs is 7. The van der Waals surface area contributed by atoms with Gasteiger partial charge in [0.1, 0.15) is 0 Å². The fourth-order valence-corrected chi connectivity index (χ4v) is 14.5. The third-order valence-electron chi connectivity index (χ3n) is 18.5. The van der Waals surface area contributed by atoms with Crippen molar-refractivity contribution in [2.45, 2.75) is 19.3 Å². The second-order valence-electron chi connectivity index (χ2n) is 23.6. The lowest BCUT2D eigenvalue weighted by Crippen LogP contribution is -2.18. The van der Waals surface area contributed by atoms with E-state index < -0.39 is 0 Å². The molecule has 0 spiro atoms. The Balaban J connectivity index is 0.816. The summed E-state index contributed by atoms with van der Waals surface area (Å²) in [4.78, 5) is 4.99. The molecule has 2 heteroatoms. The number of nitrogens with zero attached hydrogens (tertiary/aromatic N) is 2. The number of hydrogen-bond donors (Lipinski definition) is 0. The summed E-state index contributed by atoms with van der Waals surface area (Å²) in [6, 6.07) is 104. The van der Waals surface area contributed by atoms with Gasteiger partial charge in [-0.15, -0.1) is 0 Å². The van der Waals surface area contributed by atoms with Crippen molar-refractivity contribution in [2.75, 3.05) is 9.80 Å². The van der Waals surface area contributed by atoms with Crippen LogP contribution in [0.15, 0.2) is 279 Å². The molecule has 1 aliphatic rings. The van der Waals surface area contributed by atoms with E-state index in [9.17, 15) is 0 Å². The highest BCUT2D eigenvalue weighted by Gasteiger charge is 2.37. The summed E-state index contributed by atoms with van der Waals surface area (Å²) in [6.45, 7) is 4.84. The van der Waals surface area contributed by atoms with Crippen molar-refractivity contribution in [3.8, 4) is 11.1 Å². The summed E-state index contributed by atoms with van der Waals surface area (Å²) in [5, 5.41) is 20.5. The highest BCUT2D eigenvalue weighted by Crippen LogP contribution is 2.55. The fraction of sp³-hybridized carbons (Fsp3) is 0.0361. The lowest BCUT2D eigenvalue weighted by Gasteiger charge is -2.30. The molecule has 0 aromatic heterocycles. The number of hydrogen-bond acceptors (Lipinski definition) is 2. The first kappa shape index (κ1) is 48.9. The molecule has 0 saturated carbocycles. The van der Waals surface area contributed by atoms with Crippen LogP contribution >= 0.6 is 0 Å². The zero-order valence-electron chi connectivity index (χ0n) is 47.3. The van der Waals surface area contributed by atoms with Gasteiger partial charge in [-0.2, -0.15) is 0 Å². The predicted molar refractivity (Wildman–Crippen MR) is 367 cm³/mol. The Labute approximate surface area is 494 Å². The molecule has 1 aliphatic carbocycles. The Morgan fingerprint density at radius 1 is 0.247 bits per heavy atom. The van der Waals surface area contributed by atoms with Crippen molar-refractivity contribution in [1.82, 2.24) is 0 Å². The van der Waals surface area contributed by atoms with E-state index in [0.717, 1.165) is 45.3 Å². The minimum Gasteiger partial charge on any atom is -0.310 e. The largest absolute Gasteiger partial charge is 0.310 e. The third kappa shape index (κ3) is 7.72. The van der Waals surface area contributed by atoms with Crippen molar-refractivity contribution in [3.63, 3.8) is 0 Å². The molecular weight excluding hydrogens is 1020 g/mol. The summed E-state index contributed by atoms with van der Waals surface area (Å²) in [6.07, 6.45) is 8.80. The Bertz CT molecular complexity index is 4930. The van der Waals surface area contributed by atoms with Gasteiger partial charge in [-0.1, -0.05) is 257 Å². The first-order valence-corrected chi connectivity index (χ1v) is 29.6. The molecule has 0 fully saturated rings. The maximum absolute atomic E-state index is 2.50. The fourth-order valence-electron chi connectivity index (χ4n) is 14.5. The Kier molecular flexibility index (Phi) is 11.0. The van der Waals surface area contributed by atoms with E-state index in [2.05, 4.69) is 327 Å². The molecule has 0 radical (unpaired) electrons. The molecule has 17 rings (SSSR count). The highest BCUT2D eigenvalue weighted by molar-refractivity contribution is 6.35. The molecule has 0 bridgehead atoms. The zero-order valence-corrected chi connectivity index (χ0v) is 47.3. The van der Waals surface area contributed by atoms with Gasteiger partial charge in [0.15, 0.2) is 0 Å². The lowest BCUT2D eigenvalue weighted by molar-refractivity contribution is 0.660. The Morgan fingerprint density at radius 2 is 0.553 bits per heavy atom. The summed E-state index contributed by atoms with van der Waals surface area (Å²) < 4.78 is 0. The molecule has 0 N–H and O–H groups in total. The van der Waals surface area contributed by atoms with Crippen molar-refractivity contribution in [1.29, 1.82) is 0 Å². The maximum Gasteiger partial charge on any atom is 0.0540 e. The molecule has 16 aromatic carbocycles. The normalized spacial score (nSPS) is 13.1. The zero-order chi connectivity index (χ0) is 56.3.